The minimum atomic E-state index is -0.357. The Morgan fingerprint density at radius 1 is 1.50 bits per heavy atom. The molecule has 0 aromatic heterocycles. The molecule has 0 heterocycles. The molecule has 4 nitrogen and oxygen atoms in total. The molecule has 1 aromatic rings. The van der Waals surface area contributed by atoms with Crippen LogP contribution in [0, 0.1) is 11.3 Å². The fraction of sp³-hybridized carbons (Fsp3) is 0.333. The SMILES string of the molecule is COc1cccc(COC(=O)CCC#N)c1. The number of rotatable bonds is 5. The van der Waals surface area contributed by atoms with E-state index >= 15 is 0 Å². The van der Waals surface area contributed by atoms with Crippen molar-refractivity contribution >= 4 is 5.97 Å². The molecule has 16 heavy (non-hydrogen) atoms. The highest BCUT2D eigenvalue weighted by atomic mass is 16.5. The van der Waals surface area contributed by atoms with E-state index in [2.05, 4.69) is 0 Å². The smallest absolute Gasteiger partial charge is 0.307 e. The number of nitriles is 1. The predicted molar refractivity (Wildman–Crippen MR) is 57.6 cm³/mol. The monoisotopic (exact) mass is 219 g/mol. The van der Waals surface area contributed by atoms with Gasteiger partial charge >= 0.3 is 5.97 Å². The van der Waals surface area contributed by atoms with E-state index in [1.807, 2.05) is 24.3 Å². The summed E-state index contributed by atoms with van der Waals surface area (Å²) in [6.07, 6.45) is 0.331. The maximum atomic E-state index is 11.1. The Hall–Kier alpha value is -2.02. The molecule has 0 aliphatic rings. The minimum absolute atomic E-state index is 0.139. The maximum Gasteiger partial charge on any atom is 0.307 e. The highest BCUT2D eigenvalue weighted by Crippen LogP contribution is 2.13. The van der Waals surface area contributed by atoms with Crippen molar-refractivity contribution in [1.29, 1.82) is 5.26 Å². The summed E-state index contributed by atoms with van der Waals surface area (Å²) in [6.45, 7) is 0.210. The van der Waals surface area contributed by atoms with Crippen molar-refractivity contribution in [2.75, 3.05) is 7.11 Å². The van der Waals surface area contributed by atoms with Gasteiger partial charge in [-0.15, -0.1) is 0 Å². The van der Waals surface area contributed by atoms with Crippen LogP contribution in [-0.2, 0) is 16.1 Å². The number of methoxy groups -OCH3 is 1. The molecule has 84 valence electrons. The number of carbonyl (C=O) groups excluding carboxylic acids is 1. The van der Waals surface area contributed by atoms with E-state index in [1.54, 1.807) is 13.2 Å². The summed E-state index contributed by atoms with van der Waals surface area (Å²) in [6, 6.07) is 9.20. The molecular formula is C12H13NO3. The summed E-state index contributed by atoms with van der Waals surface area (Å²) < 4.78 is 10.0. The molecular weight excluding hydrogens is 206 g/mol. The molecule has 0 atom stereocenters. The van der Waals surface area contributed by atoms with Crippen molar-refractivity contribution < 1.29 is 14.3 Å². The average Bonchev–Trinajstić information content (AvgIpc) is 2.34. The first-order valence-corrected chi connectivity index (χ1v) is 4.91. The fourth-order valence-corrected chi connectivity index (χ4v) is 1.16. The van der Waals surface area contributed by atoms with Crippen molar-refractivity contribution in [2.45, 2.75) is 19.4 Å². The topological polar surface area (TPSA) is 59.3 Å². The van der Waals surface area contributed by atoms with Crippen LogP contribution in [0.3, 0.4) is 0 Å². The van der Waals surface area contributed by atoms with Crippen molar-refractivity contribution in [1.82, 2.24) is 0 Å². The Morgan fingerprint density at radius 2 is 2.31 bits per heavy atom. The molecule has 0 radical (unpaired) electrons. The second-order valence-electron chi connectivity index (χ2n) is 3.17. The molecule has 0 aliphatic heterocycles. The number of hydrogen-bond acceptors (Lipinski definition) is 4. The van der Waals surface area contributed by atoms with Crippen molar-refractivity contribution in [3.05, 3.63) is 29.8 Å². The number of ether oxygens (including phenoxy) is 2. The number of hydrogen-bond donors (Lipinski definition) is 0. The van der Waals surface area contributed by atoms with Crippen LogP contribution in [0.4, 0.5) is 0 Å². The van der Waals surface area contributed by atoms with Crippen LogP contribution >= 0.6 is 0 Å². The second kappa shape index (κ2) is 6.46. The Bertz CT molecular complexity index is 395. The van der Waals surface area contributed by atoms with E-state index in [0.29, 0.717) is 0 Å². The number of esters is 1. The predicted octanol–water partition coefficient (Wildman–Crippen LogP) is 2.04. The Morgan fingerprint density at radius 3 is 3.00 bits per heavy atom. The molecule has 1 aromatic carbocycles. The Labute approximate surface area is 94.4 Å². The molecule has 0 bridgehead atoms. The first-order valence-electron chi connectivity index (χ1n) is 4.91. The summed E-state index contributed by atoms with van der Waals surface area (Å²) >= 11 is 0. The van der Waals surface area contributed by atoms with E-state index < -0.39 is 0 Å². The number of carbonyl (C=O) groups is 1. The molecule has 0 unspecified atom stereocenters. The minimum Gasteiger partial charge on any atom is -0.497 e. The Kier molecular flexibility index (Phi) is 4.87. The quantitative estimate of drug-likeness (QED) is 0.711. The maximum absolute atomic E-state index is 11.1. The van der Waals surface area contributed by atoms with Crippen LogP contribution in [0.5, 0.6) is 5.75 Å². The lowest BCUT2D eigenvalue weighted by molar-refractivity contribution is -0.144. The van der Waals surface area contributed by atoms with Crippen LogP contribution in [-0.4, -0.2) is 13.1 Å². The van der Waals surface area contributed by atoms with Gasteiger partial charge in [-0.05, 0) is 17.7 Å². The van der Waals surface area contributed by atoms with E-state index in [1.165, 1.54) is 0 Å². The van der Waals surface area contributed by atoms with Crippen LogP contribution < -0.4 is 4.74 Å². The van der Waals surface area contributed by atoms with Crippen LogP contribution in [0.25, 0.3) is 0 Å². The van der Waals surface area contributed by atoms with Crippen LogP contribution in [0.1, 0.15) is 18.4 Å². The van der Waals surface area contributed by atoms with Crippen LogP contribution in [0.2, 0.25) is 0 Å². The zero-order chi connectivity index (χ0) is 11.8. The van der Waals surface area contributed by atoms with E-state index in [4.69, 9.17) is 14.7 Å². The molecule has 4 heteroatoms. The normalized spacial score (nSPS) is 9.25. The second-order valence-corrected chi connectivity index (χ2v) is 3.17. The molecule has 0 spiro atoms. The molecule has 1 rings (SSSR count). The number of benzene rings is 1. The van der Waals surface area contributed by atoms with Gasteiger partial charge in [-0.2, -0.15) is 5.26 Å². The summed E-state index contributed by atoms with van der Waals surface area (Å²) in [5, 5.41) is 8.29. The van der Waals surface area contributed by atoms with Gasteiger partial charge in [0, 0.05) is 6.42 Å². The first-order chi connectivity index (χ1) is 7.76. The van der Waals surface area contributed by atoms with Gasteiger partial charge in [0.15, 0.2) is 0 Å². The lowest BCUT2D eigenvalue weighted by Crippen LogP contribution is -2.03. The van der Waals surface area contributed by atoms with Crippen LogP contribution in [0.15, 0.2) is 24.3 Å². The Balaban J connectivity index is 2.42. The first kappa shape index (κ1) is 12.1. The van der Waals surface area contributed by atoms with Gasteiger partial charge in [0.2, 0.25) is 0 Å². The van der Waals surface area contributed by atoms with Gasteiger partial charge in [0.05, 0.1) is 19.6 Å². The van der Waals surface area contributed by atoms with E-state index in [0.717, 1.165) is 11.3 Å². The van der Waals surface area contributed by atoms with Gasteiger partial charge in [-0.25, -0.2) is 0 Å². The van der Waals surface area contributed by atoms with E-state index in [9.17, 15) is 4.79 Å². The van der Waals surface area contributed by atoms with E-state index in [-0.39, 0.29) is 25.4 Å². The third-order valence-electron chi connectivity index (χ3n) is 1.97. The molecule has 0 aliphatic carbocycles. The zero-order valence-corrected chi connectivity index (χ0v) is 9.10. The van der Waals surface area contributed by atoms with Crippen molar-refractivity contribution in [3.63, 3.8) is 0 Å². The van der Waals surface area contributed by atoms with Gasteiger partial charge < -0.3 is 9.47 Å². The lowest BCUT2D eigenvalue weighted by atomic mass is 10.2. The average molecular weight is 219 g/mol. The fourth-order valence-electron chi connectivity index (χ4n) is 1.16. The summed E-state index contributed by atoms with van der Waals surface area (Å²) in [7, 11) is 1.58. The zero-order valence-electron chi connectivity index (χ0n) is 9.10. The van der Waals surface area contributed by atoms with Crippen molar-refractivity contribution in [2.24, 2.45) is 0 Å². The molecule has 0 fully saturated rings. The van der Waals surface area contributed by atoms with Crippen molar-refractivity contribution in [3.8, 4) is 11.8 Å². The molecule has 0 amide bonds. The van der Waals surface area contributed by atoms with Gasteiger partial charge in [0.1, 0.15) is 12.4 Å². The highest BCUT2D eigenvalue weighted by molar-refractivity contribution is 5.69. The highest BCUT2D eigenvalue weighted by Gasteiger charge is 2.03. The summed E-state index contributed by atoms with van der Waals surface area (Å²) in [5.41, 5.74) is 0.865. The third kappa shape index (κ3) is 4.01. The van der Waals surface area contributed by atoms with Gasteiger partial charge in [0.25, 0.3) is 0 Å². The number of nitrogens with zero attached hydrogens (tertiary/aromatic N) is 1. The lowest BCUT2D eigenvalue weighted by Gasteiger charge is -2.05. The van der Waals surface area contributed by atoms with Gasteiger partial charge in [-0.1, -0.05) is 12.1 Å². The molecule has 0 N–H and O–H groups in total. The molecule has 0 saturated carbocycles. The van der Waals surface area contributed by atoms with Gasteiger partial charge in [-0.3, -0.25) is 4.79 Å². The summed E-state index contributed by atoms with van der Waals surface area (Å²) in [5.74, 6) is 0.370. The third-order valence-corrected chi connectivity index (χ3v) is 1.97. The standard InChI is InChI=1S/C12H13NO3/c1-15-11-5-2-4-10(8-11)9-16-12(14)6-3-7-13/h2,4-5,8H,3,6,9H2,1H3. The summed E-state index contributed by atoms with van der Waals surface area (Å²) in [4.78, 5) is 11.1. The largest absolute Gasteiger partial charge is 0.497 e. The molecule has 0 saturated heterocycles.